The molecule has 13 heavy (non-hydrogen) atoms. The van der Waals surface area contributed by atoms with Crippen molar-refractivity contribution >= 4 is 5.69 Å². The minimum absolute atomic E-state index is 1.20. The summed E-state index contributed by atoms with van der Waals surface area (Å²) in [4.78, 5) is 0. The van der Waals surface area contributed by atoms with Gasteiger partial charge >= 0.3 is 0 Å². The molecule has 0 atom stereocenters. The average Bonchev–Trinajstić information content (AvgIpc) is 2.16. The summed E-state index contributed by atoms with van der Waals surface area (Å²) in [6, 6.07) is 4.34. The van der Waals surface area contributed by atoms with Crippen LogP contribution in [-0.2, 0) is 0 Å². The third kappa shape index (κ3) is 3.10. The Morgan fingerprint density at radius 1 is 0.923 bits per heavy atom. The van der Waals surface area contributed by atoms with Crippen LogP contribution >= 0.6 is 0 Å². The molecule has 0 radical (unpaired) electrons. The largest absolute Gasteiger partial charge is 0.388 e. The highest BCUT2D eigenvalue weighted by atomic mass is 14.8. The molecule has 1 nitrogen and oxygen atoms in total. The number of nitrogens with one attached hydrogen (secondary N) is 1. The third-order valence-corrected chi connectivity index (χ3v) is 2.22. The van der Waals surface area contributed by atoms with Gasteiger partial charge in [0.15, 0.2) is 0 Å². The Balaban J connectivity index is 0.000000671. The summed E-state index contributed by atoms with van der Waals surface area (Å²) in [5.41, 5.74) is 5.30. The predicted octanol–water partition coefficient (Wildman–Crippen LogP) is 3.68. The molecule has 0 saturated carbocycles. The fourth-order valence-electron chi connectivity index (χ4n) is 1.18. The lowest BCUT2D eigenvalue weighted by Crippen LogP contribution is -1.92. The van der Waals surface area contributed by atoms with Crippen LogP contribution in [0.15, 0.2) is 12.1 Å². The van der Waals surface area contributed by atoms with Gasteiger partial charge in [-0.25, -0.2) is 0 Å². The van der Waals surface area contributed by atoms with E-state index in [2.05, 4.69) is 38.2 Å². The summed E-state index contributed by atoms with van der Waals surface area (Å²) in [6.45, 7) is 10.4. The third-order valence-electron chi connectivity index (χ3n) is 2.22. The van der Waals surface area contributed by atoms with E-state index < -0.39 is 0 Å². The molecule has 1 rings (SSSR count). The van der Waals surface area contributed by atoms with Gasteiger partial charge in [0.25, 0.3) is 0 Å². The minimum atomic E-state index is 1.20. The van der Waals surface area contributed by atoms with Crippen molar-refractivity contribution < 1.29 is 0 Å². The second-order valence-corrected chi connectivity index (χ2v) is 2.99. The zero-order valence-electron chi connectivity index (χ0n) is 9.65. The van der Waals surface area contributed by atoms with E-state index >= 15 is 0 Å². The van der Waals surface area contributed by atoms with Crippen LogP contribution in [0.2, 0.25) is 0 Å². The highest BCUT2D eigenvalue weighted by Crippen LogP contribution is 2.18. The fourth-order valence-corrected chi connectivity index (χ4v) is 1.18. The maximum absolute atomic E-state index is 3.14. The standard InChI is InChI=1S/C10H15N.C2H6/c1-7-5-10(11-4)6-8(2)9(7)3;1-2/h5-6,11H,1-4H3;1-2H3. The van der Waals surface area contributed by atoms with Gasteiger partial charge in [0.2, 0.25) is 0 Å². The Bertz CT molecular complexity index is 241. The first-order valence-electron chi connectivity index (χ1n) is 4.90. The van der Waals surface area contributed by atoms with Crippen LogP contribution in [0.3, 0.4) is 0 Å². The van der Waals surface area contributed by atoms with Crippen molar-refractivity contribution in [1.29, 1.82) is 0 Å². The molecule has 0 aromatic heterocycles. The van der Waals surface area contributed by atoms with E-state index in [1.165, 1.54) is 22.4 Å². The van der Waals surface area contributed by atoms with Crippen molar-refractivity contribution in [3.05, 3.63) is 28.8 Å². The second kappa shape index (κ2) is 5.63. The van der Waals surface area contributed by atoms with E-state index in [-0.39, 0.29) is 0 Å². The topological polar surface area (TPSA) is 12.0 Å². The SMILES string of the molecule is CC.CNc1cc(C)c(C)c(C)c1. The number of benzene rings is 1. The Morgan fingerprint density at radius 3 is 1.62 bits per heavy atom. The van der Waals surface area contributed by atoms with Crippen molar-refractivity contribution in [1.82, 2.24) is 0 Å². The molecule has 1 aromatic carbocycles. The first-order chi connectivity index (χ1) is 6.15. The van der Waals surface area contributed by atoms with Crippen LogP contribution in [0.1, 0.15) is 30.5 Å². The van der Waals surface area contributed by atoms with Gasteiger partial charge in [0.05, 0.1) is 0 Å². The normalized spacial score (nSPS) is 8.77. The van der Waals surface area contributed by atoms with Gasteiger partial charge in [-0.05, 0) is 49.6 Å². The second-order valence-electron chi connectivity index (χ2n) is 2.99. The van der Waals surface area contributed by atoms with E-state index in [0.717, 1.165) is 0 Å². The molecule has 0 spiro atoms. The Labute approximate surface area is 82.2 Å². The number of aryl methyl sites for hydroxylation is 2. The van der Waals surface area contributed by atoms with Gasteiger partial charge in [-0.15, -0.1) is 0 Å². The van der Waals surface area contributed by atoms with Crippen LogP contribution < -0.4 is 5.32 Å². The van der Waals surface area contributed by atoms with Crippen LogP contribution in [0, 0.1) is 20.8 Å². The molecule has 0 aliphatic rings. The fraction of sp³-hybridized carbons (Fsp3) is 0.500. The molecule has 74 valence electrons. The zero-order valence-corrected chi connectivity index (χ0v) is 9.65. The Kier molecular flexibility index (Phi) is 5.20. The van der Waals surface area contributed by atoms with E-state index in [9.17, 15) is 0 Å². The molecule has 0 amide bonds. The predicted molar refractivity (Wildman–Crippen MR) is 61.5 cm³/mol. The number of hydrogen-bond acceptors (Lipinski definition) is 1. The molecule has 0 unspecified atom stereocenters. The molecule has 0 aliphatic carbocycles. The molecule has 1 aromatic rings. The zero-order chi connectivity index (χ0) is 10.4. The monoisotopic (exact) mass is 179 g/mol. The Hall–Kier alpha value is -0.980. The van der Waals surface area contributed by atoms with Crippen molar-refractivity contribution in [2.75, 3.05) is 12.4 Å². The first kappa shape index (κ1) is 12.0. The van der Waals surface area contributed by atoms with E-state index in [1.807, 2.05) is 20.9 Å². The highest BCUT2D eigenvalue weighted by Gasteiger charge is 1.97. The van der Waals surface area contributed by atoms with Gasteiger partial charge < -0.3 is 5.32 Å². The summed E-state index contributed by atoms with van der Waals surface area (Å²) in [7, 11) is 1.95. The Morgan fingerprint density at radius 2 is 1.31 bits per heavy atom. The van der Waals surface area contributed by atoms with E-state index in [4.69, 9.17) is 0 Å². The van der Waals surface area contributed by atoms with Crippen LogP contribution in [0.4, 0.5) is 5.69 Å². The molecule has 0 aliphatic heterocycles. The van der Waals surface area contributed by atoms with E-state index in [1.54, 1.807) is 0 Å². The molecular weight excluding hydrogens is 158 g/mol. The van der Waals surface area contributed by atoms with Gasteiger partial charge in [-0.2, -0.15) is 0 Å². The van der Waals surface area contributed by atoms with Crippen molar-refractivity contribution in [2.45, 2.75) is 34.6 Å². The average molecular weight is 179 g/mol. The summed E-state index contributed by atoms with van der Waals surface area (Å²) >= 11 is 0. The lowest BCUT2D eigenvalue weighted by molar-refractivity contribution is 1.26. The smallest absolute Gasteiger partial charge is 0.0343 e. The molecule has 1 N–H and O–H groups in total. The quantitative estimate of drug-likeness (QED) is 0.693. The molecule has 1 heteroatoms. The lowest BCUT2D eigenvalue weighted by atomic mass is 10.0. The molecule has 0 saturated heterocycles. The first-order valence-corrected chi connectivity index (χ1v) is 4.90. The van der Waals surface area contributed by atoms with Crippen molar-refractivity contribution in [2.24, 2.45) is 0 Å². The van der Waals surface area contributed by atoms with Crippen LogP contribution in [0.25, 0.3) is 0 Å². The summed E-state index contributed by atoms with van der Waals surface area (Å²) in [5, 5.41) is 3.14. The lowest BCUT2D eigenvalue weighted by Gasteiger charge is -2.07. The van der Waals surface area contributed by atoms with Gasteiger partial charge in [0.1, 0.15) is 0 Å². The maximum atomic E-state index is 3.14. The number of rotatable bonds is 1. The molecule has 0 fully saturated rings. The van der Waals surface area contributed by atoms with Crippen LogP contribution in [0.5, 0.6) is 0 Å². The number of anilines is 1. The van der Waals surface area contributed by atoms with Crippen molar-refractivity contribution in [3.8, 4) is 0 Å². The van der Waals surface area contributed by atoms with Gasteiger partial charge in [0, 0.05) is 12.7 Å². The molecular formula is C12H21N. The summed E-state index contributed by atoms with van der Waals surface area (Å²) in [6.07, 6.45) is 0. The van der Waals surface area contributed by atoms with E-state index in [0.29, 0.717) is 0 Å². The summed E-state index contributed by atoms with van der Waals surface area (Å²) < 4.78 is 0. The maximum Gasteiger partial charge on any atom is 0.0343 e. The van der Waals surface area contributed by atoms with Crippen LogP contribution in [-0.4, -0.2) is 7.05 Å². The van der Waals surface area contributed by atoms with Gasteiger partial charge in [-0.3, -0.25) is 0 Å². The molecule has 0 heterocycles. The minimum Gasteiger partial charge on any atom is -0.388 e. The highest BCUT2D eigenvalue weighted by molar-refractivity contribution is 5.51. The number of hydrogen-bond donors (Lipinski definition) is 1. The summed E-state index contributed by atoms with van der Waals surface area (Å²) in [5.74, 6) is 0. The molecule has 0 bridgehead atoms. The van der Waals surface area contributed by atoms with Gasteiger partial charge in [-0.1, -0.05) is 13.8 Å². The van der Waals surface area contributed by atoms with Crippen molar-refractivity contribution in [3.63, 3.8) is 0 Å².